The Kier molecular flexibility index (Phi) is 4.15. The van der Waals surface area contributed by atoms with E-state index >= 15 is 0 Å². The summed E-state index contributed by atoms with van der Waals surface area (Å²) in [4.78, 5) is 8.20. The number of benzene rings is 1. The largest absolute Gasteiger partial charge is 0.309 e. The highest BCUT2D eigenvalue weighted by Gasteiger charge is 2.13. The van der Waals surface area contributed by atoms with Crippen molar-refractivity contribution in [2.75, 3.05) is 20.6 Å². The van der Waals surface area contributed by atoms with Gasteiger partial charge in [0.2, 0.25) is 0 Å². The molecule has 4 heteroatoms. The lowest BCUT2D eigenvalue weighted by Crippen LogP contribution is -2.15. The van der Waals surface area contributed by atoms with E-state index in [4.69, 9.17) is 0 Å². The lowest BCUT2D eigenvalue weighted by atomic mass is 10.1. The van der Waals surface area contributed by atoms with Gasteiger partial charge in [-0.15, -0.1) is 22.7 Å². The molecule has 0 aliphatic rings. The molecule has 3 rings (SSSR count). The molecule has 0 unspecified atom stereocenters. The normalized spacial score (nSPS) is 11.6. The number of fused-ring (bicyclic) bond motifs is 1. The van der Waals surface area contributed by atoms with Gasteiger partial charge >= 0.3 is 0 Å². The Morgan fingerprint density at radius 2 is 2.05 bits per heavy atom. The molecule has 0 amide bonds. The molecular weight excluding hydrogens is 284 g/mol. The molecule has 0 bridgehead atoms. The average molecular weight is 302 g/mol. The van der Waals surface area contributed by atoms with E-state index < -0.39 is 0 Å². The molecule has 20 heavy (non-hydrogen) atoms. The van der Waals surface area contributed by atoms with Gasteiger partial charge in [-0.1, -0.05) is 18.2 Å². The Morgan fingerprint density at radius 1 is 1.20 bits per heavy atom. The second-order valence-electron chi connectivity index (χ2n) is 5.16. The summed E-state index contributed by atoms with van der Waals surface area (Å²) in [5, 5.41) is 4.67. The zero-order chi connectivity index (χ0) is 13.9. The monoisotopic (exact) mass is 302 g/mol. The third kappa shape index (κ3) is 2.92. The second kappa shape index (κ2) is 6.04. The quantitative estimate of drug-likeness (QED) is 0.707. The van der Waals surface area contributed by atoms with Gasteiger partial charge in [0.25, 0.3) is 0 Å². The molecule has 104 valence electrons. The van der Waals surface area contributed by atoms with Gasteiger partial charge in [0.15, 0.2) is 0 Å². The Morgan fingerprint density at radius 3 is 2.80 bits per heavy atom. The maximum atomic E-state index is 4.45. The van der Waals surface area contributed by atoms with E-state index in [0.717, 1.165) is 19.4 Å². The number of hydrogen-bond donors (Lipinski definition) is 0. The molecule has 2 heterocycles. The van der Waals surface area contributed by atoms with Crippen LogP contribution in [0.2, 0.25) is 0 Å². The van der Waals surface area contributed by atoms with Crippen LogP contribution in [0, 0.1) is 0 Å². The molecule has 0 atom stereocenters. The first-order valence-corrected chi connectivity index (χ1v) is 8.46. The van der Waals surface area contributed by atoms with E-state index in [9.17, 15) is 0 Å². The van der Waals surface area contributed by atoms with Gasteiger partial charge in [0.05, 0.1) is 5.01 Å². The van der Waals surface area contributed by atoms with Crippen LogP contribution in [0.3, 0.4) is 0 Å². The summed E-state index contributed by atoms with van der Waals surface area (Å²) in [6, 6.07) is 8.73. The number of rotatable bonds is 5. The van der Waals surface area contributed by atoms with E-state index in [-0.39, 0.29) is 0 Å². The van der Waals surface area contributed by atoms with E-state index in [0.29, 0.717) is 0 Å². The van der Waals surface area contributed by atoms with E-state index in [1.54, 1.807) is 11.3 Å². The minimum Gasteiger partial charge on any atom is -0.309 e. The number of likely N-dealkylation sites (N-methyl/N-ethyl adjacent to an activating group) is 1. The third-order valence-electron chi connectivity index (χ3n) is 3.38. The van der Waals surface area contributed by atoms with Gasteiger partial charge in [-0.25, -0.2) is 4.98 Å². The highest BCUT2D eigenvalue weighted by atomic mass is 32.1. The van der Waals surface area contributed by atoms with Crippen LogP contribution in [0.25, 0.3) is 10.1 Å². The number of aromatic nitrogens is 1. The molecule has 1 aromatic carbocycles. The van der Waals surface area contributed by atoms with Crippen LogP contribution in [-0.4, -0.2) is 30.5 Å². The predicted octanol–water partition coefficient (Wildman–Crippen LogP) is 4.05. The van der Waals surface area contributed by atoms with Gasteiger partial charge < -0.3 is 4.90 Å². The van der Waals surface area contributed by atoms with Gasteiger partial charge in [-0.05, 0) is 37.5 Å². The number of nitrogens with zero attached hydrogens (tertiary/aromatic N) is 2. The van der Waals surface area contributed by atoms with Crippen LogP contribution in [-0.2, 0) is 12.8 Å². The van der Waals surface area contributed by atoms with Crippen molar-refractivity contribution >= 4 is 32.8 Å². The van der Waals surface area contributed by atoms with E-state index in [1.165, 1.54) is 25.5 Å². The highest BCUT2D eigenvalue weighted by Crippen LogP contribution is 2.33. The minimum absolute atomic E-state index is 0.963. The van der Waals surface area contributed by atoms with Crippen LogP contribution >= 0.6 is 22.7 Å². The first kappa shape index (κ1) is 13.7. The standard InChI is InChI=1S/C16H18N2S2/c1-18(2)9-7-15-13(11-16-17-8-10-19-16)12-5-3-4-6-14(12)20-15/h3-6,8,10H,7,9,11H2,1-2H3. The van der Waals surface area contributed by atoms with Crippen LogP contribution in [0.5, 0.6) is 0 Å². The molecular formula is C16H18N2S2. The van der Waals surface area contributed by atoms with Crippen molar-refractivity contribution in [3.05, 3.63) is 51.3 Å². The molecule has 0 fully saturated rings. The lowest BCUT2D eigenvalue weighted by Gasteiger charge is -2.09. The van der Waals surface area contributed by atoms with Crippen molar-refractivity contribution in [2.24, 2.45) is 0 Å². The molecule has 0 aliphatic heterocycles. The fraction of sp³-hybridized carbons (Fsp3) is 0.312. The van der Waals surface area contributed by atoms with Crippen LogP contribution in [0.1, 0.15) is 15.4 Å². The SMILES string of the molecule is CN(C)CCc1sc2ccccc2c1Cc1nccs1. The van der Waals surface area contributed by atoms with E-state index in [1.807, 2.05) is 17.5 Å². The van der Waals surface area contributed by atoms with Gasteiger partial charge in [-0.3, -0.25) is 0 Å². The fourth-order valence-corrected chi connectivity index (χ4v) is 4.20. The third-order valence-corrected chi connectivity index (χ3v) is 5.43. The maximum Gasteiger partial charge on any atom is 0.0969 e. The van der Waals surface area contributed by atoms with Crippen molar-refractivity contribution in [1.29, 1.82) is 0 Å². The first-order valence-electron chi connectivity index (χ1n) is 6.76. The summed E-state index contributed by atoms with van der Waals surface area (Å²) < 4.78 is 1.40. The molecule has 2 aromatic heterocycles. The Bertz CT molecular complexity index is 684. The van der Waals surface area contributed by atoms with Crippen molar-refractivity contribution < 1.29 is 0 Å². The van der Waals surface area contributed by atoms with Gasteiger partial charge in [-0.2, -0.15) is 0 Å². The first-order chi connectivity index (χ1) is 9.74. The fourth-order valence-electron chi connectivity index (χ4n) is 2.36. The van der Waals surface area contributed by atoms with Gasteiger partial charge in [0, 0.05) is 34.1 Å². The number of thiazole rings is 1. The molecule has 0 radical (unpaired) electrons. The van der Waals surface area contributed by atoms with Crippen molar-refractivity contribution in [3.63, 3.8) is 0 Å². The average Bonchev–Trinajstić information content (AvgIpc) is 3.05. The smallest absolute Gasteiger partial charge is 0.0969 e. The molecule has 0 saturated heterocycles. The van der Waals surface area contributed by atoms with Crippen LogP contribution in [0.15, 0.2) is 35.8 Å². The lowest BCUT2D eigenvalue weighted by molar-refractivity contribution is 0.414. The number of thiophene rings is 1. The van der Waals surface area contributed by atoms with Crippen molar-refractivity contribution in [2.45, 2.75) is 12.8 Å². The summed E-state index contributed by atoms with van der Waals surface area (Å²) >= 11 is 3.68. The number of hydrogen-bond acceptors (Lipinski definition) is 4. The van der Waals surface area contributed by atoms with Crippen molar-refractivity contribution in [1.82, 2.24) is 9.88 Å². The van der Waals surface area contributed by atoms with Crippen LogP contribution < -0.4 is 0 Å². The highest BCUT2D eigenvalue weighted by molar-refractivity contribution is 7.19. The Hall–Kier alpha value is -1.23. The van der Waals surface area contributed by atoms with Gasteiger partial charge in [0.1, 0.15) is 0 Å². The summed E-state index contributed by atoms with van der Waals surface area (Å²) in [7, 11) is 4.27. The summed E-state index contributed by atoms with van der Waals surface area (Å²) in [6.07, 6.45) is 3.98. The minimum atomic E-state index is 0.963. The summed E-state index contributed by atoms with van der Waals surface area (Å²) in [6.45, 7) is 1.09. The molecule has 0 N–H and O–H groups in total. The Labute approximate surface area is 127 Å². The zero-order valence-corrected chi connectivity index (χ0v) is 13.4. The predicted molar refractivity (Wildman–Crippen MR) is 89.0 cm³/mol. The zero-order valence-electron chi connectivity index (χ0n) is 11.8. The van der Waals surface area contributed by atoms with Crippen molar-refractivity contribution in [3.8, 4) is 0 Å². The summed E-state index contributed by atoms with van der Waals surface area (Å²) in [5.41, 5.74) is 1.47. The molecule has 0 saturated carbocycles. The molecule has 0 aliphatic carbocycles. The van der Waals surface area contributed by atoms with E-state index in [2.05, 4.69) is 53.6 Å². The van der Waals surface area contributed by atoms with Crippen LogP contribution in [0.4, 0.5) is 0 Å². The topological polar surface area (TPSA) is 16.1 Å². The maximum absolute atomic E-state index is 4.45. The summed E-state index contributed by atoms with van der Waals surface area (Å²) in [5.74, 6) is 0. The Balaban J connectivity index is 1.99. The molecule has 2 nitrogen and oxygen atoms in total. The second-order valence-corrected chi connectivity index (χ2v) is 7.27. The molecule has 3 aromatic rings. The molecule has 0 spiro atoms.